The van der Waals surface area contributed by atoms with Gasteiger partial charge in [0, 0.05) is 6.54 Å². The summed E-state index contributed by atoms with van der Waals surface area (Å²) in [7, 11) is 1.73. The van der Waals surface area contributed by atoms with Crippen LogP contribution in [0.5, 0.6) is 0 Å². The fraction of sp³-hybridized carbons (Fsp3) is 0.200. The van der Waals surface area contributed by atoms with Gasteiger partial charge >= 0.3 is 0 Å². The third-order valence-electron chi connectivity index (χ3n) is 3.25. The molecule has 0 bridgehead atoms. The lowest BCUT2D eigenvalue weighted by Gasteiger charge is -2.15. The van der Waals surface area contributed by atoms with Crippen LogP contribution >= 0.6 is 0 Å². The molecule has 2 aromatic rings. The Hall–Kier alpha value is -1.80. The zero-order chi connectivity index (χ0) is 11.7. The van der Waals surface area contributed by atoms with E-state index in [9.17, 15) is 0 Å². The van der Waals surface area contributed by atoms with Gasteiger partial charge in [-0.25, -0.2) is 0 Å². The van der Waals surface area contributed by atoms with Gasteiger partial charge in [-0.05, 0) is 28.5 Å². The Bertz CT molecular complexity index is 574. The summed E-state index contributed by atoms with van der Waals surface area (Å²) < 4.78 is 5.39. The Kier molecular flexibility index (Phi) is 2.57. The summed E-state index contributed by atoms with van der Waals surface area (Å²) in [6.07, 6.45) is 2.10. The van der Waals surface area contributed by atoms with E-state index in [2.05, 4.69) is 53.9 Å². The van der Waals surface area contributed by atoms with E-state index < -0.39 is 0 Å². The molecule has 1 atom stereocenters. The lowest BCUT2D eigenvalue weighted by Crippen LogP contribution is -2.16. The highest BCUT2D eigenvalue weighted by molar-refractivity contribution is 5.83. The molecule has 2 nitrogen and oxygen atoms in total. The zero-order valence-corrected chi connectivity index (χ0v) is 9.81. The molecule has 0 aliphatic carbocycles. The molecule has 1 aliphatic rings. The highest BCUT2D eigenvalue weighted by Crippen LogP contribution is 2.28. The largest absolute Gasteiger partial charge is 0.499 e. The van der Waals surface area contributed by atoms with E-state index in [0.717, 1.165) is 12.3 Å². The average Bonchev–Trinajstić information content (AvgIpc) is 2.86. The van der Waals surface area contributed by atoms with Crippen molar-refractivity contribution in [3.05, 3.63) is 59.9 Å². The quantitative estimate of drug-likeness (QED) is 0.848. The summed E-state index contributed by atoms with van der Waals surface area (Å²) in [6, 6.07) is 15.2. The number of benzene rings is 2. The molecule has 3 rings (SSSR count). The van der Waals surface area contributed by atoms with Crippen LogP contribution in [0.1, 0.15) is 11.6 Å². The third-order valence-corrected chi connectivity index (χ3v) is 3.25. The standard InChI is InChI=1S/C15H15NO/c1-17-14-8-9-16-15(14)13-7-6-11-4-2-3-5-12(11)10-13/h2-8,10,15-16H,9H2,1H3/t15-/m0/s1. The van der Waals surface area contributed by atoms with Crippen LogP contribution in [0.3, 0.4) is 0 Å². The molecule has 2 heteroatoms. The second-order valence-electron chi connectivity index (χ2n) is 4.26. The lowest BCUT2D eigenvalue weighted by molar-refractivity contribution is 0.264. The van der Waals surface area contributed by atoms with E-state index in [0.29, 0.717) is 0 Å². The summed E-state index contributed by atoms with van der Waals surface area (Å²) in [5.74, 6) is 1.01. The molecule has 0 saturated carbocycles. The fourth-order valence-corrected chi connectivity index (χ4v) is 2.37. The fourth-order valence-electron chi connectivity index (χ4n) is 2.37. The minimum absolute atomic E-state index is 0.199. The van der Waals surface area contributed by atoms with Gasteiger partial charge in [0.15, 0.2) is 0 Å². The van der Waals surface area contributed by atoms with Crippen molar-refractivity contribution in [2.24, 2.45) is 0 Å². The predicted molar refractivity (Wildman–Crippen MR) is 69.8 cm³/mol. The van der Waals surface area contributed by atoms with Crippen molar-refractivity contribution in [1.82, 2.24) is 5.32 Å². The van der Waals surface area contributed by atoms with Gasteiger partial charge in [-0.1, -0.05) is 36.4 Å². The molecular weight excluding hydrogens is 210 g/mol. The highest BCUT2D eigenvalue weighted by Gasteiger charge is 2.21. The second kappa shape index (κ2) is 4.22. The highest BCUT2D eigenvalue weighted by atomic mass is 16.5. The van der Waals surface area contributed by atoms with Gasteiger partial charge in [-0.2, -0.15) is 0 Å². The summed E-state index contributed by atoms with van der Waals surface area (Å²) in [5.41, 5.74) is 1.26. The van der Waals surface area contributed by atoms with Crippen LogP contribution in [-0.4, -0.2) is 13.7 Å². The van der Waals surface area contributed by atoms with Crippen molar-refractivity contribution >= 4 is 10.8 Å². The SMILES string of the molecule is COC1=CCN[C@H]1c1ccc2ccccc2c1. The van der Waals surface area contributed by atoms with Crippen molar-refractivity contribution in [3.63, 3.8) is 0 Å². The predicted octanol–water partition coefficient (Wildman–Crippen LogP) is 3.01. The number of ether oxygens (including phenoxy) is 1. The lowest BCUT2D eigenvalue weighted by atomic mass is 10.0. The maximum atomic E-state index is 5.39. The van der Waals surface area contributed by atoms with Crippen LogP contribution in [0.4, 0.5) is 0 Å². The van der Waals surface area contributed by atoms with Crippen LogP contribution in [0.25, 0.3) is 10.8 Å². The third kappa shape index (κ3) is 1.81. The molecule has 0 amide bonds. The van der Waals surface area contributed by atoms with Gasteiger partial charge in [0.25, 0.3) is 0 Å². The van der Waals surface area contributed by atoms with Gasteiger partial charge < -0.3 is 10.1 Å². The van der Waals surface area contributed by atoms with Crippen molar-refractivity contribution in [3.8, 4) is 0 Å². The average molecular weight is 225 g/mol. The van der Waals surface area contributed by atoms with E-state index in [4.69, 9.17) is 4.74 Å². The van der Waals surface area contributed by atoms with Crippen LogP contribution in [0.2, 0.25) is 0 Å². The van der Waals surface area contributed by atoms with Gasteiger partial charge in [0.2, 0.25) is 0 Å². The minimum atomic E-state index is 0.199. The molecule has 2 aromatic carbocycles. The molecule has 0 spiro atoms. The molecule has 0 unspecified atom stereocenters. The minimum Gasteiger partial charge on any atom is -0.499 e. The first-order chi connectivity index (χ1) is 8.38. The maximum absolute atomic E-state index is 5.39. The zero-order valence-electron chi connectivity index (χ0n) is 9.81. The summed E-state index contributed by atoms with van der Waals surface area (Å²) in [5, 5.41) is 5.97. The van der Waals surface area contributed by atoms with E-state index >= 15 is 0 Å². The second-order valence-corrected chi connectivity index (χ2v) is 4.26. The number of methoxy groups -OCH3 is 1. The van der Waals surface area contributed by atoms with Gasteiger partial charge in [-0.3, -0.25) is 0 Å². The monoisotopic (exact) mass is 225 g/mol. The smallest absolute Gasteiger partial charge is 0.114 e. The Morgan fingerprint density at radius 2 is 1.94 bits per heavy atom. The van der Waals surface area contributed by atoms with E-state index in [1.54, 1.807) is 7.11 Å². The Labute approximate surface area is 101 Å². The van der Waals surface area contributed by atoms with Crippen LogP contribution in [0.15, 0.2) is 54.3 Å². The van der Waals surface area contributed by atoms with Crippen molar-refractivity contribution in [1.29, 1.82) is 0 Å². The maximum Gasteiger partial charge on any atom is 0.114 e. The molecule has 86 valence electrons. The Morgan fingerprint density at radius 3 is 2.76 bits per heavy atom. The summed E-state index contributed by atoms with van der Waals surface area (Å²) in [6.45, 7) is 0.876. The molecule has 0 radical (unpaired) electrons. The number of hydrogen-bond acceptors (Lipinski definition) is 2. The van der Waals surface area contributed by atoms with Gasteiger partial charge in [0.1, 0.15) is 5.76 Å². The van der Waals surface area contributed by atoms with E-state index in [1.165, 1.54) is 16.3 Å². The van der Waals surface area contributed by atoms with Gasteiger partial charge in [-0.15, -0.1) is 0 Å². The molecule has 0 fully saturated rings. The number of nitrogens with one attached hydrogen (secondary N) is 1. The topological polar surface area (TPSA) is 21.3 Å². The summed E-state index contributed by atoms with van der Waals surface area (Å²) >= 11 is 0. The van der Waals surface area contributed by atoms with Crippen LogP contribution < -0.4 is 5.32 Å². The number of rotatable bonds is 2. The van der Waals surface area contributed by atoms with Crippen LogP contribution in [-0.2, 0) is 4.74 Å². The van der Waals surface area contributed by atoms with Crippen LogP contribution in [0, 0.1) is 0 Å². The molecular formula is C15H15NO. The van der Waals surface area contributed by atoms with Crippen molar-refractivity contribution in [2.45, 2.75) is 6.04 Å². The molecule has 17 heavy (non-hydrogen) atoms. The summed E-state index contributed by atoms with van der Waals surface area (Å²) in [4.78, 5) is 0. The normalized spacial score (nSPS) is 19.4. The molecule has 1 heterocycles. The van der Waals surface area contributed by atoms with Crippen molar-refractivity contribution in [2.75, 3.05) is 13.7 Å². The first-order valence-corrected chi connectivity index (χ1v) is 5.84. The Morgan fingerprint density at radius 1 is 1.12 bits per heavy atom. The van der Waals surface area contributed by atoms with Gasteiger partial charge in [0.05, 0.1) is 13.2 Å². The molecule has 0 saturated heterocycles. The molecule has 1 aliphatic heterocycles. The number of hydrogen-bond donors (Lipinski definition) is 1. The first kappa shape index (κ1) is 10.4. The van der Waals surface area contributed by atoms with E-state index in [-0.39, 0.29) is 6.04 Å². The molecule has 0 aromatic heterocycles. The van der Waals surface area contributed by atoms with Crippen molar-refractivity contribution < 1.29 is 4.74 Å². The van der Waals surface area contributed by atoms with E-state index in [1.807, 2.05) is 0 Å². The number of fused-ring (bicyclic) bond motifs is 1. The Balaban J connectivity index is 2.03. The molecule has 1 N–H and O–H groups in total. The first-order valence-electron chi connectivity index (χ1n) is 5.84.